The summed E-state index contributed by atoms with van der Waals surface area (Å²) in [6.07, 6.45) is 1.97. The van der Waals surface area contributed by atoms with Gasteiger partial charge in [-0.25, -0.2) is 0 Å². The third-order valence-electron chi connectivity index (χ3n) is 2.42. The third kappa shape index (κ3) is 3.85. The van der Waals surface area contributed by atoms with E-state index in [4.69, 9.17) is 5.11 Å². The molecule has 0 unspecified atom stereocenters. The van der Waals surface area contributed by atoms with Crippen LogP contribution in [0.5, 0.6) is 0 Å². The molecule has 1 aromatic carbocycles. The van der Waals surface area contributed by atoms with Gasteiger partial charge >= 0.3 is 5.97 Å². The normalized spacial score (nSPS) is 10.1. The fourth-order valence-corrected chi connectivity index (χ4v) is 1.88. The van der Waals surface area contributed by atoms with E-state index in [1.807, 2.05) is 0 Å². The SMILES string of the molecule is O=C(O)CCc1ccc(NC(=O)c2cnns2)cc1. The van der Waals surface area contributed by atoms with Crippen LogP contribution in [0.25, 0.3) is 0 Å². The monoisotopic (exact) mass is 277 g/mol. The van der Waals surface area contributed by atoms with Crippen LogP contribution in [-0.4, -0.2) is 26.6 Å². The smallest absolute Gasteiger partial charge is 0.303 e. The Morgan fingerprint density at radius 3 is 2.58 bits per heavy atom. The van der Waals surface area contributed by atoms with Crippen molar-refractivity contribution in [2.45, 2.75) is 12.8 Å². The Morgan fingerprint density at radius 1 is 1.26 bits per heavy atom. The van der Waals surface area contributed by atoms with Gasteiger partial charge in [0.15, 0.2) is 0 Å². The second-order valence-corrected chi connectivity index (χ2v) is 4.61. The first-order chi connectivity index (χ1) is 9.15. The largest absolute Gasteiger partial charge is 0.481 e. The lowest BCUT2D eigenvalue weighted by Crippen LogP contribution is -2.10. The molecule has 0 fully saturated rings. The molecular weight excluding hydrogens is 266 g/mol. The molecule has 1 aromatic heterocycles. The van der Waals surface area contributed by atoms with E-state index in [1.165, 1.54) is 6.20 Å². The summed E-state index contributed by atoms with van der Waals surface area (Å²) in [6.45, 7) is 0. The Kier molecular flexibility index (Phi) is 4.19. The van der Waals surface area contributed by atoms with Gasteiger partial charge in [-0.05, 0) is 35.6 Å². The zero-order valence-corrected chi connectivity index (χ0v) is 10.7. The average molecular weight is 277 g/mol. The molecule has 0 aliphatic heterocycles. The summed E-state index contributed by atoms with van der Waals surface area (Å²) >= 11 is 1.03. The lowest BCUT2D eigenvalue weighted by Gasteiger charge is -2.04. The highest BCUT2D eigenvalue weighted by Crippen LogP contribution is 2.13. The number of aromatic nitrogens is 2. The van der Waals surface area contributed by atoms with E-state index in [1.54, 1.807) is 24.3 Å². The average Bonchev–Trinajstić information content (AvgIpc) is 2.92. The van der Waals surface area contributed by atoms with Crippen LogP contribution in [0.1, 0.15) is 21.7 Å². The van der Waals surface area contributed by atoms with Gasteiger partial charge in [-0.15, -0.1) is 5.10 Å². The molecule has 1 amide bonds. The van der Waals surface area contributed by atoms with Crippen molar-refractivity contribution in [2.75, 3.05) is 5.32 Å². The number of rotatable bonds is 5. The lowest BCUT2D eigenvalue weighted by atomic mass is 10.1. The molecule has 0 atom stereocenters. The van der Waals surface area contributed by atoms with Crippen molar-refractivity contribution in [1.29, 1.82) is 0 Å². The predicted molar refractivity (Wildman–Crippen MR) is 70.3 cm³/mol. The molecule has 0 aliphatic rings. The van der Waals surface area contributed by atoms with Gasteiger partial charge in [-0.2, -0.15) is 0 Å². The van der Waals surface area contributed by atoms with E-state index >= 15 is 0 Å². The maximum atomic E-state index is 11.7. The zero-order valence-electron chi connectivity index (χ0n) is 9.87. The lowest BCUT2D eigenvalue weighted by molar-refractivity contribution is -0.136. The summed E-state index contributed by atoms with van der Waals surface area (Å²) in [7, 11) is 0. The molecule has 2 aromatic rings. The number of nitrogens with zero attached hydrogens (tertiary/aromatic N) is 2. The molecule has 6 nitrogen and oxygen atoms in total. The van der Waals surface area contributed by atoms with E-state index in [0.29, 0.717) is 17.0 Å². The number of hydrogen-bond donors (Lipinski definition) is 2. The number of carbonyl (C=O) groups excluding carboxylic acids is 1. The third-order valence-corrected chi connectivity index (χ3v) is 3.09. The Labute approximate surface area is 113 Å². The Hall–Kier alpha value is -2.28. The minimum Gasteiger partial charge on any atom is -0.481 e. The number of amides is 1. The van der Waals surface area contributed by atoms with Crippen LogP contribution >= 0.6 is 11.5 Å². The molecule has 98 valence electrons. The number of benzene rings is 1. The van der Waals surface area contributed by atoms with E-state index < -0.39 is 5.97 Å². The van der Waals surface area contributed by atoms with Crippen LogP contribution in [0.15, 0.2) is 30.5 Å². The van der Waals surface area contributed by atoms with Gasteiger partial charge in [0.2, 0.25) is 0 Å². The number of aryl methyl sites for hydroxylation is 1. The first-order valence-corrected chi connectivity index (χ1v) is 6.32. The highest BCUT2D eigenvalue weighted by molar-refractivity contribution is 7.07. The standard InChI is InChI=1S/C12H11N3O3S/c16-11(17)6-3-8-1-4-9(5-2-8)14-12(18)10-7-13-15-19-10/h1-2,4-5,7H,3,6H2,(H,14,18)(H,16,17). The molecule has 2 rings (SSSR count). The maximum absolute atomic E-state index is 11.7. The highest BCUT2D eigenvalue weighted by Gasteiger charge is 2.08. The van der Waals surface area contributed by atoms with Gasteiger partial charge < -0.3 is 10.4 Å². The summed E-state index contributed by atoms with van der Waals surface area (Å²) in [6, 6.07) is 7.07. The van der Waals surface area contributed by atoms with Crippen LogP contribution in [0.4, 0.5) is 5.69 Å². The second kappa shape index (κ2) is 6.05. The summed E-state index contributed by atoms with van der Waals surface area (Å²) < 4.78 is 3.62. The molecule has 0 saturated heterocycles. The summed E-state index contributed by atoms with van der Waals surface area (Å²) in [5.74, 6) is -1.08. The summed E-state index contributed by atoms with van der Waals surface area (Å²) in [4.78, 5) is 22.6. The molecule has 2 N–H and O–H groups in total. The fourth-order valence-electron chi connectivity index (χ4n) is 1.47. The van der Waals surface area contributed by atoms with Crippen molar-refractivity contribution in [3.8, 4) is 0 Å². The van der Waals surface area contributed by atoms with Gasteiger partial charge in [-0.3, -0.25) is 9.59 Å². The van der Waals surface area contributed by atoms with Crippen LogP contribution in [0.3, 0.4) is 0 Å². The van der Waals surface area contributed by atoms with Crippen molar-refractivity contribution in [3.05, 3.63) is 40.9 Å². The van der Waals surface area contributed by atoms with Crippen LogP contribution < -0.4 is 5.32 Å². The number of anilines is 1. The van der Waals surface area contributed by atoms with Crippen molar-refractivity contribution in [1.82, 2.24) is 9.59 Å². The van der Waals surface area contributed by atoms with Gasteiger partial charge in [0, 0.05) is 12.1 Å². The first-order valence-electron chi connectivity index (χ1n) is 5.54. The second-order valence-electron chi connectivity index (χ2n) is 3.83. The molecule has 7 heteroatoms. The number of carbonyl (C=O) groups is 2. The Balaban J connectivity index is 1.95. The molecule has 0 radical (unpaired) electrons. The first kappa shape index (κ1) is 13.2. The molecule has 0 saturated carbocycles. The highest BCUT2D eigenvalue weighted by atomic mass is 32.1. The maximum Gasteiger partial charge on any atom is 0.303 e. The van der Waals surface area contributed by atoms with Crippen molar-refractivity contribution in [2.24, 2.45) is 0 Å². The number of carboxylic acids is 1. The van der Waals surface area contributed by atoms with E-state index in [9.17, 15) is 9.59 Å². The van der Waals surface area contributed by atoms with Crippen molar-refractivity contribution in [3.63, 3.8) is 0 Å². The molecule has 0 aliphatic carbocycles. The van der Waals surface area contributed by atoms with E-state index in [0.717, 1.165) is 17.1 Å². The van der Waals surface area contributed by atoms with Crippen LogP contribution in [0.2, 0.25) is 0 Å². The molecule has 19 heavy (non-hydrogen) atoms. The zero-order chi connectivity index (χ0) is 13.7. The topological polar surface area (TPSA) is 92.2 Å². The number of nitrogens with one attached hydrogen (secondary N) is 1. The van der Waals surface area contributed by atoms with E-state index in [-0.39, 0.29) is 12.3 Å². The fraction of sp³-hybridized carbons (Fsp3) is 0.167. The molecule has 1 heterocycles. The van der Waals surface area contributed by atoms with Gasteiger partial charge in [0.25, 0.3) is 5.91 Å². The molecular formula is C12H11N3O3S. The predicted octanol–water partition coefficient (Wildman–Crippen LogP) is 1.81. The quantitative estimate of drug-likeness (QED) is 0.869. The Morgan fingerprint density at radius 2 is 2.00 bits per heavy atom. The van der Waals surface area contributed by atoms with E-state index in [2.05, 4.69) is 14.9 Å². The van der Waals surface area contributed by atoms with Crippen LogP contribution in [-0.2, 0) is 11.2 Å². The number of hydrogen-bond acceptors (Lipinski definition) is 5. The van der Waals surface area contributed by atoms with Crippen LogP contribution in [0, 0.1) is 0 Å². The van der Waals surface area contributed by atoms with Gasteiger partial charge in [0.1, 0.15) is 4.88 Å². The summed E-state index contributed by atoms with van der Waals surface area (Å²) in [5, 5.41) is 14.9. The minimum atomic E-state index is -0.824. The number of carboxylic acid groups (broad SMARTS) is 1. The van der Waals surface area contributed by atoms with Gasteiger partial charge in [-0.1, -0.05) is 16.6 Å². The molecule has 0 spiro atoms. The number of aliphatic carboxylic acids is 1. The van der Waals surface area contributed by atoms with Crippen molar-refractivity contribution < 1.29 is 14.7 Å². The minimum absolute atomic E-state index is 0.0955. The van der Waals surface area contributed by atoms with Gasteiger partial charge in [0.05, 0.1) is 6.20 Å². The summed E-state index contributed by atoms with van der Waals surface area (Å²) in [5.41, 5.74) is 1.57. The Bertz CT molecular complexity index is 566. The molecule has 0 bridgehead atoms. The van der Waals surface area contributed by atoms with Crippen molar-refractivity contribution >= 4 is 29.1 Å².